The first-order valence-electron chi connectivity index (χ1n) is 8.64. The maximum atomic E-state index is 12.6. The number of aromatic nitrogens is 3. The van der Waals surface area contributed by atoms with Crippen LogP contribution in [0.5, 0.6) is 0 Å². The molecule has 132 valence electrons. The zero-order valence-corrected chi connectivity index (χ0v) is 14.4. The van der Waals surface area contributed by atoms with Gasteiger partial charge >= 0.3 is 0 Å². The Balaban J connectivity index is 1.73. The van der Waals surface area contributed by atoms with Gasteiger partial charge in [0.2, 0.25) is 11.8 Å². The topological polar surface area (TPSA) is 91.0 Å². The normalized spacial score (nSPS) is 16.4. The quantitative estimate of drug-likeness (QED) is 0.866. The summed E-state index contributed by atoms with van der Waals surface area (Å²) in [5, 5.41) is 9.98. The molecule has 1 aliphatic heterocycles. The summed E-state index contributed by atoms with van der Waals surface area (Å²) in [6.07, 6.45) is 3.41. The number of hydrogen-bond donors (Lipinski definition) is 2. The van der Waals surface area contributed by atoms with Gasteiger partial charge < -0.3 is 10.2 Å². The van der Waals surface area contributed by atoms with E-state index in [1.807, 2.05) is 37.3 Å². The van der Waals surface area contributed by atoms with Gasteiger partial charge in [-0.05, 0) is 25.3 Å². The average molecular weight is 341 g/mol. The van der Waals surface area contributed by atoms with Crippen molar-refractivity contribution in [1.82, 2.24) is 25.4 Å². The zero-order valence-electron chi connectivity index (χ0n) is 14.4. The monoisotopic (exact) mass is 341 g/mol. The third-order valence-corrected chi connectivity index (χ3v) is 4.32. The second-order valence-electron chi connectivity index (χ2n) is 6.32. The van der Waals surface area contributed by atoms with Gasteiger partial charge in [0.1, 0.15) is 11.9 Å². The zero-order chi connectivity index (χ0) is 17.6. The molecule has 0 bridgehead atoms. The van der Waals surface area contributed by atoms with Crippen LogP contribution >= 0.6 is 0 Å². The van der Waals surface area contributed by atoms with E-state index in [4.69, 9.17) is 0 Å². The summed E-state index contributed by atoms with van der Waals surface area (Å²) in [6, 6.07) is 9.14. The van der Waals surface area contributed by atoms with Crippen molar-refractivity contribution < 1.29 is 9.59 Å². The molecule has 7 nitrogen and oxygen atoms in total. The van der Waals surface area contributed by atoms with Crippen LogP contribution in [0.25, 0.3) is 0 Å². The highest BCUT2D eigenvalue weighted by Gasteiger charge is 2.24. The predicted molar refractivity (Wildman–Crippen MR) is 92.6 cm³/mol. The molecule has 0 saturated carbocycles. The molecular formula is C18H23N5O2. The van der Waals surface area contributed by atoms with E-state index >= 15 is 0 Å². The lowest BCUT2D eigenvalue weighted by Crippen LogP contribution is -2.42. The largest absolute Gasteiger partial charge is 0.340 e. The van der Waals surface area contributed by atoms with Crippen molar-refractivity contribution in [3.63, 3.8) is 0 Å². The van der Waals surface area contributed by atoms with Crippen molar-refractivity contribution in [2.45, 2.75) is 38.6 Å². The minimum atomic E-state index is -0.444. The molecule has 2 amide bonds. The number of nitrogens with zero attached hydrogens (tertiary/aromatic N) is 3. The molecule has 0 spiro atoms. The van der Waals surface area contributed by atoms with Gasteiger partial charge in [0.25, 0.3) is 0 Å². The molecular weight excluding hydrogens is 318 g/mol. The van der Waals surface area contributed by atoms with E-state index in [2.05, 4.69) is 20.5 Å². The Hall–Kier alpha value is -2.70. The first kappa shape index (κ1) is 17.1. The number of nitrogens with one attached hydrogen (secondary N) is 2. The second kappa shape index (κ2) is 7.92. The van der Waals surface area contributed by atoms with E-state index in [1.165, 1.54) is 0 Å². The summed E-state index contributed by atoms with van der Waals surface area (Å²) in [6.45, 7) is 2.53. The van der Waals surface area contributed by atoms with Crippen LogP contribution in [0.1, 0.15) is 48.9 Å². The van der Waals surface area contributed by atoms with Gasteiger partial charge in [-0.25, -0.2) is 4.98 Å². The van der Waals surface area contributed by atoms with Crippen molar-refractivity contribution in [2.24, 2.45) is 0 Å². The molecule has 1 saturated heterocycles. The third kappa shape index (κ3) is 4.43. The Morgan fingerprint density at radius 3 is 2.80 bits per heavy atom. The van der Waals surface area contributed by atoms with Crippen LogP contribution in [0.3, 0.4) is 0 Å². The molecule has 2 aromatic rings. The second-order valence-corrected chi connectivity index (χ2v) is 6.32. The summed E-state index contributed by atoms with van der Waals surface area (Å²) in [4.78, 5) is 30.7. The van der Waals surface area contributed by atoms with Crippen molar-refractivity contribution in [3.05, 3.63) is 47.5 Å². The van der Waals surface area contributed by atoms with E-state index in [-0.39, 0.29) is 18.4 Å². The number of aromatic amines is 1. The average Bonchev–Trinajstić information content (AvgIpc) is 2.94. The van der Waals surface area contributed by atoms with Crippen LogP contribution in [-0.2, 0) is 9.59 Å². The number of hydrogen-bond acceptors (Lipinski definition) is 4. The van der Waals surface area contributed by atoms with Crippen LogP contribution in [0.2, 0.25) is 0 Å². The fourth-order valence-electron chi connectivity index (χ4n) is 3.02. The Kier molecular flexibility index (Phi) is 5.42. The lowest BCUT2D eigenvalue weighted by Gasteiger charge is -2.22. The Bertz CT molecular complexity index is 728. The minimum Gasteiger partial charge on any atom is -0.340 e. The van der Waals surface area contributed by atoms with E-state index in [0.29, 0.717) is 24.6 Å². The summed E-state index contributed by atoms with van der Waals surface area (Å²) >= 11 is 0. The predicted octanol–water partition coefficient (Wildman–Crippen LogP) is 1.72. The maximum absolute atomic E-state index is 12.6. The number of carbonyl (C=O) groups excluding carboxylic acids is 2. The lowest BCUT2D eigenvalue weighted by atomic mass is 10.1. The van der Waals surface area contributed by atoms with Crippen LogP contribution in [0.4, 0.5) is 0 Å². The molecule has 0 unspecified atom stereocenters. The standard InChI is InChI=1S/C18H23N5O2/c1-13-19-18(22-21-13)17(14-8-4-2-5-9-14)20-15(24)12-23-11-7-3-6-10-16(23)25/h2,4-5,8-9,17H,3,6-7,10-12H2,1H3,(H,20,24)(H,19,21,22)/t17-/m0/s1. The van der Waals surface area contributed by atoms with Crippen LogP contribution in [-0.4, -0.2) is 45.0 Å². The Labute approximate surface area is 146 Å². The van der Waals surface area contributed by atoms with Crippen molar-refractivity contribution in [1.29, 1.82) is 0 Å². The van der Waals surface area contributed by atoms with E-state index in [1.54, 1.807) is 4.90 Å². The van der Waals surface area contributed by atoms with Crippen LogP contribution < -0.4 is 5.32 Å². The number of benzene rings is 1. The first-order chi connectivity index (χ1) is 12.1. The first-order valence-corrected chi connectivity index (χ1v) is 8.64. The van der Waals surface area contributed by atoms with E-state index < -0.39 is 6.04 Å². The van der Waals surface area contributed by atoms with E-state index in [0.717, 1.165) is 24.8 Å². The molecule has 25 heavy (non-hydrogen) atoms. The maximum Gasteiger partial charge on any atom is 0.240 e. The van der Waals surface area contributed by atoms with Crippen molar-refractivity contribution in [3.8, 4) is 0 Å². The number of H-pyrrole nitrogens is 1. The Morgan fingerprint density at radius 1 is 1.28 bits per heavy atom. The smallest absolute Gasteiger partial charge is 0.240 e. The molecule has 1 aromatic carbocycles. The number of aryl methyl sites for hydroxylation is 1. The van der Waals surface area contributed by atoms with Gasteiger partial charge in [0, 0.05) is 13.0 Å². The molecule has 1 aliphatic rings. The lowest BCUT2D eigenvalue weighted by molar-refractivity contribution is -0.135. The molecule has 1 atom stereocenters. The van der Waals surface area contributed by atoms with Gasteiger partial charge in [-0.3, -0.25) is 14.7 Å². The van der Waals surface area contributed by atoms with Gasteiger partial charge in [0.15, 0.2) is 5.82 Å². The summed E-state index contributed by atoms with van der Waals surface area (Å²) in [5.41, 5.74) is 0.900. The summed E-state index contributed by atoms with van der Waals surface area (Å²) < 4.78 is 0. The molecule has 1 aromatic heterocycles. The van der Waals surface area contributed by atoms with Gasteiger partial charge in [-0.15, -0.1) is 0 Å². The minimum absolute atomic E-state index is 0.0534. The highest BCUT2D eigenvalue weighted by Crippen LogP contribution is 2.19. The highest BCUT2D eigenvalue weighted by molar-refractivity contribution is 5.85. The SMILES string of the molecule is Cc1nc([C@@H](NC(=O)CN2CCCCCC2=O)c2ccccc2)n[nH]1. The van der Waals surface area contributed by atoms with Gasteiger partial charge in [0.05, 0.1) is 6.54 Å². The Morgan fingerprint density at radius 2 is 2.08 bits per heavy atom. The summed E-state index contributed by atoms with van der Waals surface area (Å²) in [7, 11) is 0. The fourth-order valence-corrected chi connectivity index (χ4v) is 3.02. The number of rotatable bonds is 5. The molecule has 1 fully saturated rings. The van der Waals surface area contributed by atoms with Crippen molar-refractivity contribution in [2.75, 3.05) is 13.1 Å². The third-order valence-electron chi connectivity index (χ3n) is 4.32. The summed E-state index contributed by atoms with van der Waals surface area (Å²) in [5.74, 6) is 1.05. The highest BCUT2D eigenvalue weighted by atomic mass is 16.2. The van der Waals surface area contributed by atoms with Gasteiger partial charge in [-0.1, -0.05) is 36.8 Å². The molecule has 3 rings (SSSR count). The molecule has 2 N–H and O–H groups in total. The van der Waals surface area contributed by atoms with Gasteiger partial charge in [-0.2, -0.15) is 5.10 Å². The van der Waals surface area contributed by atoms with Crippen LogP contribution in [0.15, 0.2) is 30.3 Å². The molecule has 0 radical (unpaired) electrons. The van der Waals surface area contributed by atoms with Crippen molar-refractivity contribution >= 4 is 11.8 Å². The van der Waals surface area contributed by atoms with Crippen LogP contribution in [0, 0.1) is 6.92 Å². The molecule has 0 aliphatic carbocycles. The number of likely N-dealkylation sites (tertiary alicyclic amines) is 1. The molecule has 2 heterocycles. The number of carbonyl (C=O) groups is 2. The number of amides is 2. The fraction of sp³-hybridized carbons (Fsp3) is 0.444. The molecule has 7 heteroatoms. The van der Waals surface area contributed by atoms with E-state index in [9.17, 15) is 9.59 Å².